The number of aliphatic carboxylic acids is 1. The number of carboxylic acid groups (broad SMARTS) is 1. The van der Waals surface area contributed by atoms with Gasteiger partial charge in [-0.05, 0) is 56.2 Å². The molecule has 34 heavy (non-hydrogen) atoms. The van der Waals surface area contributed by atoms with Gasteiger partial charge in [-0.1, -0.05) is 54.1 Å². The fourth-order valence-corrected chi connectivity index (χ4v) is 4.10. The summed E-state index contributed by atoms with van der Waals surface area (Å²) in [5.74, 6) is -0.761. The van der Waals surface area contributed by atoms with E-state index in [1.807, 2.05) is 93.6 Å². The first kappa shape index (κ1) is 23.1. The molecule has 0 aliphatic rings. The Morgan fingerprint density at radius 1 is 1.00 bits per heavy atom. The third-order valence-corrected chi connectivity index (χ3v) is 5.49. The average molecular weight is 457 g/mol. The molecule has 1 aromatic heterocycles. The number of aromatic amines is 1. The number of carboxylic acids is 1. The summed E-state index contributed by atoms with van der Waals surface area (Å²) in [6, 6.07) is 23.0. The van der Waals surface area contributed by atoms with Crippen LogP contribution in [0.15, 0.2) is 72.8 Å². The van der Waals surface area contributed by atoms with Gasteiger partial charge in [0.05, 0.1) is 6.10 Å². The minimum Gasteiger partial charge on any atom is -0.491 e. The van der Waals surface area contributed by atoms with Crippen molar-refractivity contribution in [1.29, 1.82) is 0 Å². The number of amides is 1. The first-order valence-electron chi connectivity index (χ1n) is 11.3. The van der Waals surface area contributed by atoms with E-state index in [2.05, 4.69) is 4.98 Å². The second-order valence-corrected chi connectivity index (χ2v) is 8.66. The number of aryl methyl sites for hydroxylation is 1. The molecule has 4 rings (SSSR count). The quantitative estimate of drug-likeness (QED) is 0.359. The van der Waals surface area contributed by atoms with E-state index in [0.717, 1.165) is 33.2 Å². The number of benzene rings is 3. The Hall–Kier alpha value is -4.06. The van der Waals surface area contributed by atoms with E-state index in [9.17, 15) is 14.7 Å². The molecular weight excluding hydrogens is 428 g/mol. The van der Waals surface area contributed by atoms with Crippen molar-refractivity contribution in [3.63, 3.8) is 0 Å². The monoisotopic (exact) mass is 456 g/mol. The van der Waals surface area contributed by atoms with Crippen LogP contribution < -0.4 is 4.74 Å². The van der Waals surface area contributed by atoms with Gasteiger partial charge in [-0.2, -0.15) is 0 Å². The molecule has 0 spiro atoms. The molecule has 0 atom stereocenters. The number of carbonyl (C=O) groups excluding carboxylic acids is 1. The SMILES string of the molecule is Cc1ccc2[nH]c(C(=O)N(CC(=O)O)Cc3cccc(OC(C)C)c3)c(-c3ccccc3)c2c1. The molecule has 1 heterocycles. The molecule has 0 radical (unpaired) electrons. The van der Waals surface area contributed by atoms with Crippen LogP contribution in [0.5, 0.6) is 5.75 Å². The highest BCUT2D eigenvalue weighted by Gasteiger charge is 2.25. The van der Waals surface area contributed by atoms with Crippen molar-refractivity contribution in [3.8, 4) is 16.9 Å². The Morgan fingerprint density at radius 2 is 1.76 bits per heavy atom. The lowest BCUT2D eigenvalue weighted by molar-refractivity contribution is -0.137. The van der Waals surface area contributed by atoms with E-state index in [1.54, 1.807) is 0 Å². The fourth-order valence-electron chi connectivity index (χ4n) is 4.10. The molecule has 0 bridgehead atoms. The molecule has 0 aliphatic carbocycles. The minimum absolute atomic E-state index is 0.00948. The molecule has 0 saturated heterocycles. The number of rotatable bonds is 8. The highest BCUT2D eigenvalue weighted by molar-refractivity contribution is 6.10. The molecule has 1 amide bonds. The Morgan fingerprint density at radius 3 is 2.47 bits per heavy atom. The zero-order valence-corrected chi connectivity index (χ0v) is 19.5. The summed E-state index contributed by atoms with van der Waals surface area (Å²) in [5.41, 5.74) is 4.74. The number of nitrogens with zero attached hydrogens (tertiary/aromatic N) is 1. The fraction of sp³-hybridized carbons (Fsp3) is 0.214. The Kier molecular flexibility index (Phi) is 6.68. The zero-order valence-electron chi connectivity index (χ0n) is 19.5. The zero-order chi connectivity index (χ0) is 24.2. The molecule has 4 aromatic rings. The third kappa shape index (κ3) is 5.12. The summed E-state index contributed by atoms with van der Waals surface area (Å²) in [5, 5.41) is 10.5. The van der Waals surface area contributed by atoms with Crippen LogP contribution in [-0.4, -0.2) is 39.5 Å². The molecule has 0 unspecified atom stereocenters. The molecule has 0 fully saturated rings. The predicted octanol–water partition coefficient (Wildman–Crippen LogP) is 5.66. The van der Waals surface area contributed by atoms with Crippen LogP contribution in [0, 0.1) is 6.92 Å². The number of nitrogens with one attached hydrogen (secondary N) is 1. The lowest BCUT2D eigenvalue weighted by atomic mass is 10.00. The maximum Gasteiger partial charge on any atom is 0.323 e. The smallest absolute Gasteiger partial charge is 0.323 e. The van der Waals surface area contributed by atoms with Crippen LogP contribution in [0.3, 0.4) is 0 Å². The molecule has 2 N–H and O–H groups in total. The van der Waals surface area contributed by atoms with Gasteiger partial charge in [-0.25, -0.2) is 0 Å². The Bertz CT molecular complexity index is 1330. The number of hydrogen-bond acceptors (Lipinski definition) is 3. The molecule has 0 saturated carbocycles. The topological polar surface area (TPSA) is 82.6 Å². The van der Waals surface area contributed by atoms with Crippen molar-refractivity contribution >= 4 is 22.8 Å². The summed E-state index contributed by atoms with van der Waals surface area (Å²) < 4.78 is 5.76. The van der Waals surface area contributed by atoms with E-state index >= 15 is 0 Å². The van der Waals surface area contributed by atoms with Crippen molar-refractivity contribution in [1.82, 2.24) is 9.88 Å². The molecule has 6 nitrogen and oxygen atoms in total. The normalized spacial score (nSPS) is 11.1. The third-order valence-electron chi connectivity index (χ3n) is 5.49. The standard InChI is InChI=1S/C28H28N2O4/c1-18(2)34-22-11-7-8-20(15-22)16-30(17-25(31)32)28(33)27-26(21-9-5-4-6-10-21)23-14-19(3)12-13-24(23)29-27/h4-15,18,29H,16-17H2,1-3H3,(H,31,32). The van der Waals surface area contributed by atoms with Crippen LogP contribution in [0.1, 0.15) is 35.5 Å². The summed E-state index contributed by atoms with van der Waals surface area (Å²) in [6.45, 7) is 5.61. The van der Waals surface area contributed by atoms with Crippen molar-refractivity contribution < 1.29 is 19.4 Å². The van der Waals surface area contributed by atoms with E-state index in [4.69, 9.17) is 4.74 Å². The van der Waals surface area contributed by atoms with E-state index in [0.29, 0.717) is 11.4 Å². The number of fused-ring (bicyclic) bond motifs is 1. The first-order valence-corrected chi connectivity index (χ1v) is 11.3. The largest absolute Gasteiger partial charge is 0.491 e. The van der Waals surface area contributed by atoms with E-state index < -0.39 is 12.5 Å². The number of aromatic nitrogens is 1. The molecule has 6 heteroatoms. The highest BCUT2D eigenvalue weighted by Crippen LogP contribution is 2.34. The number of ether oxygens (including phenoxy) is 1. The lowest BCUT2D eigenvalue weighted by Crippen LogP contribution is -2.35. The van der Waals surface area contributed by atoms with Crippen LogP contribution in [0.4, 0.5) is 0 Å². The van der Waals surface area contributed by atoms with Gasteiger partial charge in [0.2, 0.25) is 0 Å². The Labute approximate surface area is 198 Å². The van der Waals surface area contributed by atoms with Crippen LogP contribution in [-0.2, 0) is 11.3 Å². The van der Waals surface area contributed by atoms with E-state index in [-0.39, 0.29) is 18.6 Å². The average Bonchev–Trinajstić information content (AvgIpc) is 3.17. The van der Waals surface area contributed by atoms with Crippen LogP contribution in [0.2, 0.25) is 0 Å². The van der Waals surface area contributed by atoms with Gasteiger partial charge in [0.1, 0.15) is 18.0 Å². The minimum atomic E-state index is -1.07. The number of carbonyl (C=O) groups is 2. The second kappa shape index (κ2) is 9.83. The van der Waals surface area contributed by atoms with Gasteiger partial charge >= 0.3 is 5.97 Å². The Balaban J connectivity index is 1.77. The molecule has 174 valence electrons. The molecule has 0 aliphatic heterocycles. The summed E-state index contributed by atoms with van der Waals surface area (Å²) in [7, 11) is 0. The van der Waals surface area contributed by atoms with Crippen LogP contribution >= 0.6 is 0 Å². The van der Waals surface area contributed by atoms with Gasteiger partial charge in [-0.15, -0.1) is 0 Å². The van der Waals surface area contributed by atoms with Gasteiger partial charge in [0.15, 0.2) is 0 Å². The maximum absolute atomic E-state index is 13.8. The van der Waals surface area contributed by atoms with E-state index in [1.165, 1.54) is 4.90 Å². The number of hydrogen-bond donors (Lipinski definition) is 2. The van der Waals surface area contributed by atoms with Crippen LogP contribution in [0.25, 0.3) is 22.0 Å². The highest BCUT2D eigenvalue weighted by atomic mass is 16.5. The van der Waals surface area contributed by atoms with Crippen molar-refractivity contribution in [2.75, 3.05) is 6.54 Å². The van der Waals surface area contributed by atoms with Crippen molar-refractivity contribution in [2.24, 2.45) is 0 Å². The predicted molar refractivity (Wildman–Crippen MR) is 133 cm³/mol. The summed E-state index contributed by atoms with van der Waals surface area (Å²) in [6.07, 6.45) is 0.00948. The maximum atomic E-state index is 13.8. The van der Waals surface area contributed by atoms with Gasteiger partial charge in [0, 0.05) is 23.0 Å². The lowest BCUT2D eigenvalue weighted by Gasteiger charge is -2.22. The second-order valence-electron chi connectivity index (χ2n) is 8.66. The number of H-pyrrole nitrogens is 1. The van der Waals surface area contributed by atoms with Gasteiger partial charge in [-0.3, -0.25) is 9.59 Å². The summed E-state index contributed by atoms with van der Waals surface area (Å²) >= 11 is 0. The van der Waals surface area contributed by atoms with Gasteiger partial charge < -0.3 is 19.7 Å². The van der Waals surface area contributed by atoms with Crippen molar-refractivity contribution in [2.45, 2.75) is 33.4 Å². The van der Waals surface area contributed by atoms with Gasteiger partial charge in [0.25, 0.3) is 5.91 Å². The molecular formula is C28H28N2O4. The van der Waals surface area contributed by atoms with Crippen molar-refractivity contribution in [3.05, 3.63) is 89.6 Å². The molecule has 3 aromatic carbocycles. The first-order chi connectivity index (χ1) is 16.3. The summed E-state index contributed by atoms with van der Waals surface area (Å²) in [4.78, 5) is 30.1.